The number of halogens is 1. The van der Waals surface area contributed by atoms with Gasteiger partial charge in [0.05, 0.1) is 16.4 Å². The van der Waals surface area contributed by atoms with E-state index in [0.717, 1.165) is 35.1 Å². The lowest BCUT2D eigenvalue weighted by Crippen LogP contribution is -2.16. The molecule has 18 heavy (non-hydrogen) atoms. The minimum absolute atomic E-state index is 0.711. The van der Waals surface area contributed by atoms with Crippen molar-refractivity contribution in [1.82, 2.24) is 20.1 Å². The monoisotopic (exact) mass is 264 g/mol. The second-order valence-corrected chi connectivity index (χ2v) is 4.50. The molecular formula is C13H17ClN4. The molecule has 2 aromatic rings. The molecule has 5 heteroatoms. The van der Waals surface area contributed by atoms with Crippen LogP contribution in [0, 0.1) is 6.92 Å². The van der Waals surface area contributed by atoms with Crippen LogP contribution >= 0.6 is 11.6 Å². The molecular weight excluding hydrogens is 248 g/mol. The van der Waals surface area contributed by atoms with E-state index in [9.17, 15) is 0 Å². The Morgan fingerprint density at radius 3 is 2.89 bits per heavy atom. The van der Waals surface area contributed by atoms with Crippen molar-refractivity contribution in [2.45, 2.75) is 33.5 Å². The van der Waals surface area contributed by atoms with Gasteiger partial charge in [-0.15, -0.1) is 0 Å². The molecule has 2 aromatic heterocycles. The van der Waals surface area contributed by atoms with Crippen LogP contribution in [0.4, 0.5) is 0 Å². The number of hydrogen-bond donors (Lipinski definition) is 1. The van der Waals surface area contributed by atoms with Crippen molar-refractivity contribution in [1.29, 1.82) is 0 Å². The lowest BCUT2D eigenvalue weighted by atomic mass is 10.3. The molecule has 96 valence electrons. The average Bonchev–Trinajstić information content (AvgIpc) is 2.67. The third-order valence-electron chi connectivity index (χ3n) is 2.80. The molecule has 2 heterocycles. The molecule has 0 fully saturated rings. The van der Waals surface area contributed by atoms with Crippen molar-refractivity contribution < 1.29 is 0 Å². The SMILES string of the molecule is CCn1nc(C)c(Cl)c1CNCc1cccnc1. The maximum atomic E-state index is 6.24. The van der Waals surface area contributed by atoms with Gasteiger partial charge in [-0.25, -0.2) is 0 Å². The Bertz CT molecular complexity index is 507. The number of nitrogens with one attached hydrogen (secondary N) is 1. The standard InChI is InChI=1S/C13H17ClN4/c1-3-18-12(13(14)10(2)17-18)9-16-8-11-5-4-6-15-7-11/h4-7,16H,3,8-9H2,1-2H3. The van der Waals surface area contributed by atoms with Gasteiger partial charge in [-0.05, 0) is 25.5 Å². The Morgan fingerprint density at radius 1 is 1.39 bits per heavy atom. The number of rotatable bonds is 5. The first-order valence-corrected chi connectivity index (χ1v) is 6.41. The van der Waals surface area contributed by atoms with Crippen LogP contribution in [-0.4, -0.2) is 14.8 Å². The summed E-state index contributed by atoms with van der Waals surface area (Å²) >= 11 is 6.24. The van der Waals surface area contributed by atoms with Gasteiger partial charge in [0.2, 0.25) is 0 Å². The number of hydrogen-bond acceptors (Lipinski definition) is 3. The first-order chi connectivity index (χ1) is 8.72. The summed E-state index contributed by atoms with van der Waals surface area (Å²) in [5, 5.41) is 8.51. The number of pyridine rings is 1. The van der Waals surface area contributed by atoms with Gasteiger partial charge in [0.25, 0.3) is 0 Å². The molecule has 1 N–H and O–H groups in total. The molecule has 0 saturated heterocycles. The van der Waals surface area contributed by atoms with Crippen molar-refractivity contribution in [3.05, 3.63) is 46.5 Å². The molecule has 0 unspecified atom stereocenters. The molecule has 0 aliphatic heterocycles. The van der Waals surface area contributed by atoms with E-state index >= 15 is 0 Å². The third kappa shape index (κ3) is 2.89. The zero-order valence-electron chi connectivity index (χ0n) is 10.7. The molecule has 0 atom stereocenters. The minimum Gasteiger partial charge on any atom is -0.307 e. The second kappa shape index (κ2) is 5.98. The zero-order valence-corrected chi connectivity index (χ0v) is 11.4. The fraction of sp³-hybridized carbons (Fsp3) is 0.385. The topological polar surface area (TPSA) is 42.7 Å². The van der Waals surface area contributed by atoms with Crippen molar-refractivity contribution in [3.63, 3.8) is 0 Å². The highest BCUT2D eigenvalue weighted by molar-refractivity contribution is 6.31. The molecule has 0 bridgehead atoms. The molecule has 4 nitrogen and oxygen atoms in total. The highest BCUT2D eigenvalue weighted by Gasteiger charge is 2.11. The summed E-state index contributed by atoms with van der Waals surface area (Å²) in [4.78, 5) is 4.08. The van der Waals surface area contributed by atoms with E-state index in [1.54, 1.807) is 6.20 Å². The highest BCUT2D eigenvalue weighted by Crippen LogP contribution is 2.19. The van der Waals surface area contributed by atoms with Crippen molar-refractivity contribution in [3.8, 4) is 0 Å². The molecule has 0 aliphatic carbocycles. The number of aromatic nitrogens is 3. The smallest absolute Gasteiger partial charge is 0.0860 e. The van der Waals surface area contributed by atoms with E-state index in [4.69, 9.17) is 11.6 Å². The molecule has 0 amide bonds. The Kier molecular flexibility index (Phi) is 4.33. The Morgan fingerprint density at radius 2 is 2.22 bits per heavy atom. The maximum absolute atomic E-state index is 6.24. The first-order valence-electron chi connectivity index (χ1n) is 6.03. The van der Waals surface area contributed by atoms with Crippen LogP contribution in [0.5, 0.6) is 0 Å². The van der Waals surface area contributed by atoms with Crippen LogP contribution in [0.1, 0.15) is 23.9 Å². The van der Waals surface area contributed by atoms with Crippen molar-refractivity contribution >= 4 is 11.6 Å². The van der Waals surface area contributed by atoms with Crippen LogP contribution < -0.4 is 5.32 Å². The van der Waals surface area contributed by atoms with Gasteiger partial charge < -0.3 is 5.32 Å². The lowest BCUT2D eigenvalue weighted by Gasteiger charge is -2.07. The zero-order chi connectivity index (χ0) is 13.0. The van der Waals surface area contributed by atoms with Gasteiger partial charge in [0.1, 0.15) is 0 Å². The third-order valence-corrected chi connectivity index (χ3v) is 3.29. The van der Waals surface area contributed by atoms with Gasteiger partial charge in [-0.3, -0.25) is 9.67 Å². The molecule has 2 rings (SSSR count). The van der Waals surface area contributed by atoms with Crippen LogP contribution in [0.2, 0.25) is 5.02 Å². The van der Waals surface area contributed by atoms with E-state index < -0.39 is 0 Å². The van der Waals surface area contributed by atoms with Gasteiger partial charge >= 0.3 is 0 Å². The Labute approximate surface area is 112 Å². The van der Waals surface area contributed by atoms with E-state index in [1.165, 1.54) is 0 Å². The predicted molar refractivity (Wildman–Crippen MR) is 72.4 cm³/mol. The summed E-state index contributed by atoms with van der Waals surface area (Å²) in [5.41, 5.74) is 3.09. The van der Waals surface area contributed by atoms with Gasteiger partial charge in [-0.2, -0.15) is 5.10 Å². The van der Waals surface area contributed by atoms with Crippen molar-refractivity contribution in [2.24, 2.45) is 0 Å². The first kappa shape index (κ1) is 13.1. The summed E-state index contributed by atoms with van der Waals surface area (Å²) in [7, 11) is 0. The molecule has 0 aromatic carbocycles. The fourth-order valence-electron chi connectivity index (χ4n) is 1.87. The lowest BCUT2D eigenvalue weighted by molar-refractivity contribution is 0.579. The second-order valence-electron chi connectivity index (χ2n) is 4.13. The Balaban J connectivity index is 1.98. The normalized spacial score (nSPS) is 10.8. The van der Waals surface area contributed by atoms with E-state index in [0.29, 0.717) is 6.54 Å². The largest absolute Gasteiger partial charge is 0.307 e. The molecule has 0 aliphatic rings. The summed E-state index contributed by atoms with van der Waals surface area (Å²) in [6.07, 6.45) is 3.63. The van der Waals surface area contributed by atoms with Gasteiger partial charge in [0.15, 0.2) is 0 Å². The quantitative estimate of drug-likeness (QED) is 0.903. The summed E-state index contributed by atoms with van der Waals surface area (Å²) in [6, 6.07) is 3.98. The Hall–Kier alpha value is -1.39. The molecule has 0 radical (unpaired) electrons. The highest BCUT2D eigenvalue weighted by atomic mass is 35.5. The van der Waals surface area contributed by atoms with Crippen molar-refractivity contribution in [2.75, 3.05) is 0 Å². The van der Waals surface area contributed by atoms with Crippen LogP contribution in [0.3, 0.4) is 0 Å². The predicted octanol–water partition coefficient (Wildman–Crippen LogP) is 2.55. The van der Waals surface area contributed by atoms with Gasteiger partial charge in [-0.1, -0.05) is 17.7 Å². The van der Waals surface area contributed by atoms with E-state index in [1.807, 2.05) is 29.9 Å². The number of nitrogens with zero attached hydrogens (tertiary/aromatic N) is 3. The van der Waals surface area contributed by atoms with E-state index in [-0.39, 0.29) is 0 Å². The van der Waals surface area contributed by atoms with Gasteiger partial charge in [0, 0.05) is 32.0 Å². The molecule has 0 spiro atoms. The summed E-state index contributed by atoms with van der Waals surface area (Å²) < 4.78 is 1.94. The minimum atomic E-state index is 0.711. The molecule has 0 saturated carbocycles. The van der Waals surface area contributed by atoms with Crippen LogP contribution in [-0.2, 0) is 19.6 Å². The number of aryl methyl sites for hydroxylation is 2. The van der Waals surface area contributed by atoms with Crippen LogP contribution in [0.25, 0.3) is 0 Å². The maximum Gasteiger partial charge on any atom is 0.0860 e. The average molecular weight is 265 g/mol. The fourth-order valence-corrected chi connectivity index (χ4v) is 2.07. The summed E-state index contributed by atoms with van der Waals surface area (Å²) in [5.74, 6) is 0. The van der Waals surface area contributed by atoms with E-state index in [2.05, 4.69) is 22.3 Å². The summed E-state index contributed by atoms with van der Waals surface area (Å²) in [6.45, 7) is 6.31. The van der Waals surface area contributed by atoms with Crippen LogP contribution in [0.15, 0.2) is 24.5 Å².